The Bertz CT molecular complexity index is 582. The van der Waals surface area contributed by atoms with Crippen molar-refractivity contribution in [1.29, 1.82) is 0 Å². The fraction of sp³-hybridized carbons (Fsp3) is 0.450. The van der Waals surface area contributed by atoms with Crippen molar-refractivity contribution in [3.63, 3.8) is 0 Å². The Morgan fingerprint density at radius 2 is 2.04 bits per heavy atom. The lowest BCUT2D eigenvalue weighted by molar-refractivity contribution is 0.252. The Hall–Kier alpha value is -1.87. The Kier molecular flexibility index (Phi) is 5.65. The van der Waals surface area contributed by atoms with Crippen molar-refractivity contribution >= 4 is 0 Å². The maximum absolute atomic E-state index is 5.78. The second-order valence-corrected chi connectivity index (χ2v) is 6.25. The molecule has 1 aromatic heterocycles. The van der Waals surface area contributed by atoms with Gasteiger partial charge in [-0.3, -0.25) is 4.90 Å². The van der Waals surface area contributed by atoms with Gasteiger partial charge < -0.3 is 4.74 Å². The van der Waals surface area contributed by atoms with Crippen LogP contribution < -0.4 is 4.74 Å². The van der Waals surface area contributed by atoms with Gasteiger partial charge in [0.2, 0.25) is 5.88 Å². The smallest absolute Gasteiger partial charge is 0.213 e. The zero-order chi connectivity index (χ0) is 15.9. The number of pyridine rings is 1. The van der Waals surface area contributed by atoms with Crippen LogP contribution in [0.2, 0.25) is 0 Å². The zero-order valence-electron chi connectivity index (χ0n) is 13.9. The van der Waals surface area contributed by atoms with Crippen LogP contribution in [0.15, 0.2) is 48.7 Å². The van der Waals surface area contributed by atoms with Gasteiger partial charge >= 0.3 is 0 Å². The average molecular weight is 310 g/mol. The SMILES string of the molecule is CCCCN1CCC[C@H]1c1ccc(OCc2ccccc2)nc1. The molecule has 1 aliphatic rings. The minimum absolute atomic E-state index is 0.539. The van der Waals surface area contributed by atoms with E-state index in [9.17, 15) is 0 Å². The summed E-state index contributed by atoms with van der Waals surface area (Å²) in [6.07, 6.45) is 7.07. The highest BCUT2D eigenvalue weighted by Crippen LogP contribution is 2.32. The number of unbranched alkanes of at least 4 members (excludes halogenated alkanes) is 1. The van der Waals surface area contributed by atoms with E-state index in [1.54, 1.807) is 0 Å². The normalized spacial score (nSPS) is 18.2. The van der Waals surface area contributed by atoms with Gasteiger partial charge in [-0.15, -0.1) is 0 Å². The van der Waals surface area contributed by atoms with Crippen LogP contribution in [-0.4, -0.2) is 23.0 Å². The van der Waals surface area contributed by atoms with Crippen LogP contribution in [0, 0.1) is 0 Å². The van der Waals surface area contributed by atoms with E-state index in [2.05, 4.69) is 35.0 Å². The highest BCUT2D eigenvalue weighted by Gasteiger charge is 2.25. The van der Waals surface area contributed by atoms with E-state index < -0.39 is 0 Å². The number of benzene rings is 1. The lowest BCUT2D eigenvalue weighted by atomic mass is 10.1. The third kappa shape index (κ3) is 4.32. The van der Waals surface area contributed by atoms with Crippen LogP contribution in [-0.2, 0) is 6.61 Å². The molecule has 1 aliphatic heterocycles. The van der Waals surface area contributed by atoms with Crippen LogP contribution in [0.5, 0.6) is 5.88 Å². The van der Waals surface area contributed by atoms with Crippen molar-refractivity contribution in [1.82, 2.24) is 9.88 Å². The monoisotopic (exact) mass is 310 g/mol. The minimum atomic E-state index is 0.539. The lowest BCUT2D eigenvalue weighted by Crippen LogP contribution is -2.24. The number of hydrogen-bond acceptors (Lipinski definition) is 3. The van der Waals surface area contributed by atoms with Crippen molar-refractivity contribution < 1.29 is 4.74 Å². The summed E-state index contributed by atoms with van der Waals surface area (Å²) in [6, 6.07) is 14.9. The first-order valence-electron chi connectivity index (χ1n) is 8.73. The molecule has 3 heteroatoms. The van der Waals surface area contributed by atoms with Crippen LogP contribution in [0.25, 0.3) is 0 Å². The van der Waals surface area contributed by atoms with Crippen LogP contribution >= 0.6 is 0 Å². The minimum Gasteiger partial charge on any atom is -0.473 e. The van der Waals surface area contributed by atoms with E-state index in [1.807, 2.05) is 30.5 Å². The van der Waals surface area contributed by atoms with Crippen LogP contribution in [0.1, 0.15) is 49.8 Å². The molecule has 2 aromatic rings. The van der Waals surface area contributed by atoms with Gasteiger partial charge in [-0.1, -0.05) is 49.7 Å². The van der Waals surface area contributed by atoms with Crippen molar-refractivity contribution in [2.24, 2.45) is 0 Å². The summed E-state index contributed by atoms with van der Waals surface area (Å²) in [5.74, 6) is 0.704. The first kappa shape index (κ1) is 16.0. The summed E-state index contributed by atoms with van der Waals surface area (Å²) < 4.78 is 5.78. The molecule has 1 saturated heterocycles. The molecule has 23 heavy (non-hydrogen) atoms. The molecule has 0 bridgehead atoms. The van der Waals surface area contributed by atoms with Gasteiger partial charge in [-0.05, 0) is 43.5 Å². The summed E-state index contributed by atoms with van der Waals surface area (Å²) in [4.78, 5) is 7.11. The molecule has 0 spiro atoms. The third-order valence-corrected chi connectivity index (χ3v) is 4.54. The standard InChI is InChI=1S/C20H26N2O/c1-2-3-13-22-14-7-10-19(22)18-11-12-20(21-15-18)23-16-17-8-5-4-6-9-17/h4-6,8-9,11-12,15,19H,2-3,7,10,13-14,16H2,1H3/t19-/m0/s1. The van der Waals surface area contributed by atoms with E-state index in [0.29, 0.717) is 18.5 Å². The molecule has 1 atom stereocenters. The van der Waals surface area contributed by atoms with Crippen LogP contribution in [0.3, 0.4) is 0 Å². The topological polar surface area (TPSA) is 25.4 Å². The number of aromatic nitrogens is 1. The quantitative estimate of drug-likeness (QED) is 0.747. The fourth-order valence-electron chi connectivity index (χ4n) is 3.24. The van der Waals surface area contributed by atoms with Crippen molar-refractivity contribution in [3.8, 4) is 5.88 Å². The highest BCUT2D eigenvalue weighted by molar-refractivity contribution is 5.22. The van der Waals surface area contributed by atoms with Crippen molar-refractivity contribution in [3.05, 3.63) is 59.8 Å². The molecular formula is C20H26N2O. The average Bonchev–Trinajstić information content (AvgIpc) is 3.08. The summed E-state index contributed by atoms with van der Waals surface area (Å²) in [5, 5.41) is 0. The second-order valence-electron chi connectivity index (χ2n) is 6.25. The predicted octanol–water partition coefficient (Wildman–Crippen LogP) is 4.60. The Balaban J connectivity index is 1.58. The first-order chi connectivity index (χ1) is 11.4. The van der Waals surface area contributed by atoms with Crippen LogP contribution in [0.4, 0.5) is 0 Å². The largest absolute Gasteiger partial charge is 0.473 e. The molecule has 0 aliphatic carbocycles. The molecule has 3 rings (SSSR count). The van der Waals surface area contributed by atoms with Gasteiger partial charge in [0.25, 0.3) is 0 Å². The first-order valence-corrected chi connectivity index (χ1v) is 8.73. The molecule has 0 saturated carbocycles. The lowest BCUT2D eigenvalue weighted by Gasteiger charge is -2.24. The number of nitrogens with zero attached hydrogens (tertiary/aromatic N) is 2. The maximum atomic E-state index is 5.78. The molecule has 1 aromatic carbocycles. The molecule has 122 valence electrons. The highest BCUT2D eigenvalue weighted by atomic mass is 16.5. The maximum Gasteiger partial charge on any atom is 0.213 e. The van der Waals surface area contributed by atoms with Gasteiger partial charge in [0.15, 0.2) is 0 Å². The molecular weight excluding hydrogens is 284 g/mol. The number of ether oxygens (including phenoxy) is 1. The Morgan fingerprint density at radius 1 is 1.17 bits per heavy atom. The Labute approximate surface area is 139 Å². The molecule has 1 fully saturated rings. The Morgan fingerprint density at radius 3 is 2.78 bits per heavy atom. The predicted molar refractivity (Wildman–Crippen MR) is 93.5 cm³/mol. The molecule has 0 amide bonds. The molecule has 0 unspecified atom stereocenters. The number of rotatable bonds is 7. The molecule has 2 heterocycles. The fourth-order valence-corrected chi connectivity index (χ4v) is 3.24. The van der Waals surface area contributed by atoms with E-state index in [0.717, 1.165) is 0 Å². The van der Waals surface area contributed by atoms with Gasteiger partial charge in [-0.2, -0.15) is 0 Å². The third-order valence-electron chi connectivity index (χ3n) is 4.54. The molecule has 3 nitrogen and oxygen atoms in total. The van der Waals surface area contributed by atoms with Gasteiger partial charge in [0.1, 0.15) is 6.61 Å². The van der Waals surface area contributed by atoms with Gasteiger partial charge in [0, 0.05) is 18.3 Å². The van der Waals surface area contributed by atoms with E-state index in [4.69, 9.17) is 4.74 Å². The number of hydrogen-bond donors (Lipinski definition) is 0. The zero-order valence-corrected chi connectivity index (χ0v) is 13.9. The molecule has 0 N–H and O–H groups in total. The van der Waals surface area contributed by atoms with E-state index >= 15 is 0 Å². The summed E-state index contributed by atoms with van der Waals surface area (Å²) >= 11 is 0. The van der Waals surface area contributed by atoms with Crippen molar-refractivity contribution in [2.75, 3.05) is 13.1 Å². The van der Waals surface area contributed by atoms with Gasteiger partial charge in [-0.25, -0.2) is 4.98 Å². The van der Waals surface area contributed by atoms with Crippen molar-refractivity contribution in [2.45, 2.75) is 45.3 Å². The second kappa shape index (κ2) is 8.11. The summed E-state index contributed by atoms with van der Waals surface area (Å²) in [7, 11) is 0. The molecule has 0 radical (unpaired) electrons. The van der Waals surface area contributed by atoms with Gasteiger partial charge in [0.05, 0.1) is 0 Å². The van der Waals surface area contributed by atoms with E-state index in [-0.39, 0.29) is 0 Å². The summed E-state index contributed by atoms with van der Waals surface area (Å²) in [6.45, 7) is 5.25. The number of likely N-dealkylation sites (tertiary alicyclic amines) is 1. The van der Waals surface area contributed by atoms with E-state index in [1.165, 1.54) is 49.9 Å². The summed E-state index contributed by atoms with van der Waals surface area (Å²) in [5.41, 5.74) is 2.49.